The molecule has 0 fully saturated rings. The minimum Gasteiger partial charge on any atom is -0.462 e. The van der Waals surface area contributed by atoms with Gasteiger partial charge in [0.05, 0.1) is 0 Å². The summed E-state index contributed by atoms with van der Waals surface area (Å²) < 4.78 is 16.8. The lowest BCUT2D eigenvalue weighted by Crippen LogP contribution is -2.30. The van der Waals surface area contributed by atoms with E-state index in [1.54, 1.807) is 0 Å². The summed E-state index contributed by atoms with van der Waals surface area (Å²) in [5.74, 6) is -0.938. The lowest BCUT2D eigenvalue weighted by Gasteiger charge is -2.18. The number of esters is 3. The lowest BCUT2D eigenvalue weighted by molar-refractivity contribution is -0.167. The SMILES string of the molecule is CC/C=C\C/C=C\C/C=C\C/C=C\C/C=C\CCCC(=O)OC(COC(=O)CCCCCCCCCCCCCC)COC(=O)CCCCCCCCCCCCCCCCCCCCCCC. The molecule has 6 heteroatoms. The van der Waals surface area contributed by atoms with Gasteiger partial charge in [-0.1, -0.05) is 281 Å². The van der Waals surface area contributed by atoms with E-state index in [1.165, 1.54) is 173 Å². The first-order valence-electron chi connectivity index (χ1n) is 29.3. The van der Waals surface area contributed by atoms with Gasteiger partial charge in [-0.15, -0.1) is 0 Å². The normalized spacial score (nSPS) is 12.5. The van der Waals surface area contributed by atoms with Gasteiger partial charge in [0.1, 0.15) is 13.2 Å². The molecule has 394 valence electrons. The summed E-state index contributed by atoms with van der Waals surface area (Å²) >= 11 is 0. The molecule has 0 aliphatic heterocycles. The zero-order valence-corrected chi connectivity index (χ0v) is 45.1. The van der Waals surface area contributed by atoms with Crippen LogP contribution in [0.15, 0.2) is 60.8 Å². The monoisotopic (exact) mass is 951 g/mol. The minimum absolute atomic E-state index is 0.0928. The number of hydrogen-bond donors (Lipinski definition) is 0. The van der Waals surface area contributed by atoms with Gasteiger partial charge in [-0.2, -0.15) is 0 Å². The highest BCUT2D eigenvalue weighted by molar-refractivity contribution is 5.71. The van der Waals surface area contributed by atoms with Gasteiger partial charge in [-0.3, -0.25) is 14.4 Å². The molecule has 0 N–H and O–H groups in total. The molecule has 0 spiro atoms. The number of ether oxygens (including phenoxy) is 3. The van der Waals surface area contributed by atoms with Crippen LogP contribution in [0.3, 0.4) is 0 Å². The van der Waals surface area contributed by atoms with Gasteiger partial charge in [0.25, 0.3) is 0 Å². The van der Waals surface area contributed by atoms with E-state index in [0.29, 0.717) is 19.3 Å². The molecule has 0 rings (SSSR count). The predicted octanol–water partition coefficient (Wildman–Crippen LogP) is 19.6. The van der Waals surface area contributed by atoms with Crippen LogP contribution in [0, 0.1) is 0 Å². The Morgan fingerprint density at radius 2 is 0.574 bits per heavy atom. The Hall–Kier alpha value is -2.89. The standard InChI is InChI=1S/C62H110O6/c1-4-7-10-13-16-19-22-25-27-29-30-31-32-34-35-37-40-43-46-49-52-55-61(64)67-58-59(57-66-60(63)54-51-48-45-42-39-24-21-18-15-12-9-6-3)68-62(65)56-53-50-47-44-41-38-36-33-28-26-23-20-17-14-11-8-5-2/h8,11,17,20,26,28,36,38,44,47,59H,4-7,9-10,12-16,18-19,21-25,27,29-35,37,39-43,45-46,48-58H2,1-3H3/b11-8-,20-17-,28-26-,38-36-,47-44-. The van der Waals surface area contributed by atoms with Crippen LogP contribution in [-0.4, -0.2) is 37.2 Å². The molecule has 0 bridgehead atoms. The summed E-state index contributed by atoms with van der Waals surface area (Å²) in [4.78, 5) is 38.1. The summed E-state index contributed by atoms with van der Waals surface area (Å²) in [5, 5.41) is 0. The Balaban J connectivity index is 4.36. The molecule has 0 saturated carbocycles. The van der Waals surface area contributed by atoms with E-state index in [1.807, 2.05) is 0 Å². The molecule has 1 atom stereocenters. The molecule has 0 aromatic rings. The molecule has 0 saturated heterocycles. The van der Waals surface area contributed by atoms with Crippen molar-refractivity contribution < 1.29 is 28.6 Å². The molecule has 0 amide bonds. The second-order valence-electron chi connectivity index (χ2n) is 19.5. The third kappa shape index (κ3) is 54.1. The van der Waals surface area contributed by atoms with E-state index in [-0.39, 0.29) is 37.5 Å². The molecular weight excluding hydrogens is 841 g/mol. The van der Waals surface area contributed by atoms with Crippen molar-refractivity contribution in [3.05, 3.63) is 60.8 Å². The van der Waals surface area contributed by atoms with Gasteiger partial charge >= 0.3 is 17.9 Å². The van der Waals surface area contributed by atoms with Crippen molar-refractivity contribution in [3.8, 4) is 0 Å². The minimum atomic E-state index is -0.800. The third-order valence-corrected chi connectivity index (χ3v) is 12.8. The molecule has 0 radical (unpaired) electrons. The quantitative estimate of drug-likeness (QED) is 0.0262. The van der Waals surface area contributed by atoms with Crippen LogP contribution in [0.25, 0.3) is 0 Å². The van der Waals surface area contributed by atoms with Gasteiger partial charge in [0.2, 0.25) is 0 Å². The van der Waals surface area contributed by atoms with E-state index < -0.39 is 6.10 Å². The zero-order chi connectivity index (χ0) is 49.3. The predicted molar refractivity (Wildman–Crippen MR) is 293 cm³/mol. The van der Waals surface area contributed by atoms with E-state index in [4.69, 9.17) is 14.2 Å². The number of carbonyl (C=O) groups is 3. The Morgan fingerprint density at radius 1 is 0.309 bits per heavy atom. The Kier molecular flexibility index (Phi) is 54.3. The average molecular weight is 952 g/mol. The van der Waals surface area contributed by atoms with E-state index in [0.717, 1.165) is 77.0 Å². The van der Waals surface area contributed by atoms with E-state index in [9.17, 15) is 14.4 Å². The fourth-order valence-corrected chi connectivity index (χ4v) is 8.42. The van der Waals surface area contributed by atoms with Crippen molar-refractivity contribution >= 4 is 17.9 Å². The molecule has 0 aliphatic carbocycles. The van der Waals surface area contributed by atoms with E-state index >= 15 is 0 Å². The Morgan fingerprint density at radius 3 is 0.882 bits per heavy atom. The van der Waals surface area contributed by atoms with Crippen LogP contribution >= 0.6 is 0 Å². The molecule has 1 unspecified atom stereocenters. The third-order valence-electron chi connectivity index (χ3n) is 12.8. The second kappa shape index (κ2) is 56.7. The van der Waals surface area contributed by atoms with Gasteiger partial charge in [0, 0.05) is 19.3 Å². The van der Waals surface area contributed by atoms with Crippen molar-refractivity contribution in [3.63, 3.8) is 0 Å². The number of carbonyl (C=O) groups excluding carboxylic acids is 3. The smallest absolute Gasteiger partial charge is 0.306 e. The van der Waals surface area contributed by atoms with Crippen molar-refractivity contribution in [1.29, 1.82) is 0 Å². The van der Waals surface area contributed by atoms with Crippen LogP contribution in [0.5, 0.6) is 0 Å². The van der Waals surface area contributed by atoms with Crippen molar-refractivity contribution in [2.75, 3.05) is 13.2 Å². The molecule has 0 aliphatic rings. The van der Waals surface area contributed by atoms with Crippen molar-refractivity contribution in [2.45, 2.75) is 303 Å². The van der Waals surface area contributed by atoms with Gasteiger partial charge in [-0.05, 0) is 57.8 Å². The van der Waals surface area contributed by atoms with Crippen LogP contribution in [0.4, 0.5) is 0 Å². The molecule has 6 nitrogen and oxygen atoms in total. The van der Waals surface area contributed by atoms with E-state index in [2.05, 4.69) is 81.5 Å². The van der Waals surface area contributed by atoms with Crippen LogP contribution in [-0.2, 0) is 28.6 Å². The fraction of sp³-hybridized carbons (Fsp3) is 0.790. The van der Waals surface area contributed by atoms with Crippen LogP contribution in [0.2, 0.25) is 0 Å². The summed E-state index contributed by atoms with van der Waals surface area (Å²) in [7, 11) is 0. The van der Waals surface area contributed by atoms with Crippen molar-refractivity contribution in [2.24, 2.45) is 0 Å². The summed E-state index contributed by atoms with van der Waals surface area (Å²) in [6, 6.07) is 0. The number of unbranched alkanes of at least 4 members (excludes halogenated alkanes) is 32. The highest BCUT2D eigenvalue weighted by Crippen LogP contribution is 2.17. The summed E-state index contributed by atoms with van der Waals surface area (Å²) in [5.41, 5.74) is 0. The van der Waals surface area contributed by atoms with Gasteiger partial charge in [0.15, 0.2) is 6.10 Å². The van der Waals surface area contributed by atoms with Gasteiger partial charge < -0.3 is 14.2 Å². The number of hydrogen-bond acceptors (Lipinski definition) is 6. The maximum Gasteiger partial charge on any atom is 0.306 e. The Labute approximate surface area is 421 Å². The Bertz CT molecular complexity index is 1230. The maximum absolute atomic E-state index is 12.8. The fourth-order valence-electron chi connectivity index (χ4n) is 8.42. The molecule has 68 heavy (non-hydrogen) atoms. The molecular formula is C62H110O6. The topological polar surface area (TPSA) is 78.9 Å². The number of allylic oxidation sites excluding steroid dienone is 10. The first-order chi connectivity index (χ1) is 33.5. The number of rotatable bonds is 53. The average Bonchev–Trinajstić information content (AvgIpc) is 3.34. The first kappa shape index (κ1) is 65.1. The van der Waals surface area contributed by atoms with Crippen LogP contribution in [0.1, 0.15) is 297 Å². The summed E-state index contributed by atoms with van der Waals surface area (Å²) in [6.45, 7) is 6.51. The largest absolute Gasteiger partial charge is 0.462 e. The maximum atomic E-state index is 12.8. The summed E-state index contributed by atoms with van der Waals surface area (Å²) in [6.07, 6.45) is 70.8. The first-order valence-corrected chi connectivity index (χ1v) is 29.3. The highest BCUT2D eigenvalue weighted by Gasteiger charge is 2.19. The second-order valence-corrected chi connectivity index (χ2v) is 19.5. The van der Waals surface area contributed by atoms with Gasteiger partial charge in [-0.25, -0.2) is 0 Å². The molecule has 0 aromatic carbocycles. The molecule has 0 heterocycles. The molecule has 0 aromatic heterocycles. The van der Waals surface area contributed by atoms with Crippen molar-refractivity contribution in [1.82, 2.24) is 0 Å². The van der Waals surface area contributed by atoms with Crippen LogP contribution < -0.4 is 0 Å². The lowest BCUT2D eigenvalue weighted by atomic mass is 10.0. The zero-order valence-electron chi connectivity index (χ0n) is 45.1. The highest BCUT2D eigenvalue weighted by atomic mass is 16.6.